The summed E-state index contributed by atoms with van der Waals surface area (Å²) < 4.78 is 23.4. The van der Waals surface area contributed by atoms with Crippen LogP contribution >= 0.6 is 7.60 Å². The van der Waals surface area contributed by atoms with Crippen molar-refractivity contribution in [1.82, 2.24) is 0 Å². The zero-order valence-electron chi connectivity index (χ0n) is 11.9. The van der Waals surface area contributed by atoms with Crippen LogP contribution < -0.4 is 0 Å². The fourth-order valence-corrected chi connectivity index (χ4v) is 3.31. The third-order valence-electron chi connectivity index (χ3n) is 2.43. The number of rotatable bonds is 11. The van der Waals surface area contributed by atoms with Crippen molar-refractivity contribution in [3.05, 3.63) is 0 Å². The van der Waals surface area contributed by atoms with Crippen molar-refractivity contribution in [3.8, 4) is 0 Å². The quantitative estimate of drug-likeness (QED) is 0.395. The van der Waals surface area contributed by atoms with E-state index < -0.39 is 7.60 Å². The van der Waals surface area contributed by atoms with Gasteiger partial charge in [-0.3, -0.25) is 4.57 Å². The number of hydrogen-bond acceptors (Lipinski definition) is 3. The van der Waals surface area contributed by atoms with Gasteiger partial charge in [-0.1, -0.05) is 47.0 Å². The molecule has 0 N–H and O–H groups in total. The molecule has 0 saturated carbocycles. The average molecular weight is 264 g/mol. The fraction of sp³-hybridized carbons (Fsp3) is 1.00. The maximum absolute atomic E-state index is 12.4. The van der Waals surface area contributed by atoms with Crippen molar-refractivity contribution < 1.29 is 13.6 Å². The van der Waals surface area contributed by atoms with Gasteiger partial charge in [-0.2, -0.15) is 0 Å². The van der Waals surface area contributed by atoms with Crippen molar-refractivity contribution in [2.45, 2.75) is 59.8 Å². The molecule has 0 heterocycles. The maximum Gasteiger partial charge on any atom is 0.330 e. The molecule has 0 aliphatic rings. The highest BCUT2D eigenvalue weighted by molar-refractivity contribution is 7.53. The smallest absolute Gasteiger partial charge is 0.309 e. The minimum Gasteiger partial charge on any atom is -0.309 e. The highest BCUT2D eigenvalue weighted by atomic mass is 31.2. The van der Waals surface area contributed by atoms with E-state index in [1.165, 1.54) is 0 Å². The lowest BCUT2D eigenvalue weighted by Crippen LogP contribution is -2.06. The van der Waals surface area contributed by atoms with Crippen molar-refractivity contribution in [2.24, 2.45) is 5.92 Å². The Balaban J connectivity index is 4.04. The molecule has 104 valence electrons. The molecule has 0 rings (SSSR count). The largest absolute Gasteiger partial charge is 0.330 e. The molecule has 17 heavy (non-hydrogen) atoms. The van der Waals surface area contributed by atoms with Crippen LogP contribution in [0.4, 0.5) is 0 Å². The molecule has 0 aliphatic carbocycles. The van der Waals surface area contributed by atoms with E-state index in [-0.39, 0.29) is 0 Å². The zero-order chi connectivity index (χ0) is 13.1. The summed E-state index contributed by atoms with van der Waals surface area (Å²) in [5.41, 5.74) is 0. The fourth-order valence-electron chi connectivity index (χ4n) is 1.34. The Bertz CT molecular complexity index is 217. The van der Waals surface area contributed by atoms with Gasteiger partial charge < -0.3 is 9.05 Å². The zero-order valence-corrected chi connectivity index (χ0v) is 12.8. The van der Waals surface area contributed by atoms with Gasteiger partial charge in [-0.25, -0.2) is 0 Å². The van der Waals surface area contributed by atoms with E-state index in [9.17, 15) is 4.57 Å². The Labute approximate surface area is 107 Å². The first kappa shape index (κ1) is 17.2. The van der Waals surface area contributed by atoms with Gasteiger partial charge in [0.25, 0.3) is 0 Å². The van der Waals surface area contributed by atoms with E-state index in [2.05, 4.69) is 27.7 Å². The molecule has 4 heteroatoms. The molecule has 0 saturated heterocycles. The maximum atomic E-state index is 12.4. The van der Waals surface area contributed by atoms with Crippen LogP contribution in [0.25, 0.3) is 0 Å². The Morgan fingerprint density at radius 3 is 2.18 bits per heavy atom. The second-order valence-electron chi connectivity index (χ2n) is 4.92. The van der Waals surface area contributed by atoms with Crippen molar-refractivity contribution in [3.63, 3.8) is 0 Å². The van der Waals surface area contributed by atoms with Crippen LogP contribution in [0.5, 0.6) is 0 Å². The standard InChI is InChI=1S/C13H29O3P/c1-5-7-9-10-15-17(14,11-8-6-2)16-12-13(3)4/h13H,5-12H2,1-4H3. The molecule has 0 spiro atoms. The van der Waals surface area contributed by atoms with Gasteiger partial charge in [0.05, 0.1) is 19.4 Å². The van der Waals surface area contributed by atoms with Crippen LogP contribution in [-0.4, -0.2) is 19.4 Å². The lowest BCUT2D eigenvalue weighted by molar-refractivity contribution is 0.184. The summed E-state index contributed by atoms with van der Waals surface area (Å²) in [6, 6.07) is 0. The first-order valence-electron chi connectivity index (χ1n) is 6.92. The third-order valence-corrected chi connectivity index (χ3v) is 4.41. The summed E-state index contributed by atoms with van der Waals surface area (Å²) in [5.74, 6) is 0.393. The summed E-state index contributed by atoms with van der Waals surface area (Å²) in [6.45, 7) is 9.43. The second kappa shape index (κ2) is 10.1. The van der Waals surface area contributed by atoms with Crippen LogP contribution in [-0.2, 0) is 13.6 Å². The summed E-state index contributed by atoms with van der Waals surface area (Å²) in [6.07, 6.45) is 5.73. The van der Waals surface area contributed by atoms with Crippen molar-refractivity contribution in [2.75, 3.05) is 19.4 Å². The molecule has 0 amide bonds. The van der Waals surface area contributed by atoms with E-state index in [4.69, 9.17) is 9.05 Å². The molecule has 3 nitrogen and oxygen atoms in total. The van der Waals surface area contributed by atoms with Crippen LogP contribution in [0, 0.1) is 5.92 Å². The first-order chi connectivity index (χ1) is 8.04. The van der Waals surface area contributed by atoms with Crippen LogP contribution in [0.15, 0.2) is 0 Å². The molecule has 0 bridgehead atoms. The summed E-state index contributed by atoms with van der Waals surface area (Å²) in [7, 11) is -2.83. The molecule has 0 fully saturated rings. The normalized spacial score (nSPS) is 15.1. The summed E-state index contributed by atoms with van der Waals surface area (Å²) in [4.78, 5) is 0. The van der Waals surface area contributed by atoms with Crippen molar-refractivity contribution in [1.29, 1.82) is 0 Å². The lowest BCUT2D eigenvalue weighted by Gasteiger charge is -2.19. The second-order valence-corrected chi connectivity index (χ2v) is 7.10. The minimum absolute atomic E-state index is 0.393. The molecule has 1 unspecified atom stereocenters. The summed E-state index contributed by atoms with van der Waals surface area (Å²) >= 11 is 0. The molecular weight excluding hydrogens is 235 g/mol. The number of unbranched alkanes of at least 4 members (excludes halogenated alkanes) is 3. The Morgan fingerprint density at radius 1 is 1.00 bits per heavy atom. The Morgan fingerprint density at radius 2 is 1.65 bits per heavy atom. The SMILES string of the molecule is CCCCCOP(=O)(CCCC)OCC(C)C. The Hall–Kier alpha value is 0.150. The van der Waals surface area contributed by atoms with E-state index in [1.54, 1.807) is 0 Å². The minimum atomic E-state index is -2.83. The molecule has 0 radical (unpaired) electrons. The van der Waals surface area contributed by atoms with Gasteiger partial charge in [0.1, 0.15) is 0 Å². The van der Waals surface area contributed by atoms with Crippen LogP contribution in [0.2, 0.25) is 0 Å². The monoisotopic (exact) mass is 264 g/mol. The van der Waals surface area contributed by atoms with E-state index >= 15 is 0 Å². The van der Waals surface area contributed by atoms with Gasteiger partial charge in [-0.15, -0.1) is 0 Å². The number of hydrogen-bond donors (Lipinski definition) is 0. The van der Waals surface area contributed by atoms with Gasteiger partial charge in [-0.05, 0) is 18.8 Å². The average Bonchev–Trinajstić information content (AvgIpc) is 2.30. The van der Waals surface area contributed by atoms with Gasteiger partial charge in [0, 0.05) is 0 Å². The van der Waals surface area contributed by atoms with E-state index in [0.717, 1.165) is 32.1 Å². The molecule has 0 aromatic rings. The van der Waals surface area contributed by atoms with Gasteiger partial charge in [0.2, 0.25) is 0 Å². The van der Waals surface area contributed by atoms with Gasteiger partial charge in [0.15, 0.2) is 0 Å². The molecule has 0 aromatic carbocycles. The van der Waals surface area contributed by atoms with Crippen molar-refractivity contribution >= 4 is 7.60 Å². The molecule has 0 aromatic heterocycles. The van der Waals surface area contributed by atoms with Crippen LogP contribution in [0.3, 0.4) is 0 Å². The Kier molecular flexibility index (Phi) is 10.2. The predicted octanol–water partition coefficient (Wildman–Crippen LogP) is 4.86. The highest BCUT2D eigenvalue weighted by Crippen LogP contribution is 2.49. The third kappa shape index (κ3) is 9.82. The summed E-state index contributed by atoms with van der Waals surface area (Å²) in [5, 5.41) is 0. The lowest BCUT2D eigenvalue weighted by atomic mass is 10.2. The van der Waals surface area contributed by atoms with E-state index in [1.807, 2.05) is 0 Å². The predicted molar refractivity (Wildman–Crippen MR) is 73.6 cm³/mol. The first-order valence-corrected chi connectivity index (χ1v) is 8.65. The van der Waals surface area contributed by atoms with Gasteiger partial charge >= 0.3 is 7.60 Å². The molecule has 0 aliphatic heterocycles. The topological polar surface area (TPSA) is 35.5 Å². The molecular formula is C13H29O3P. The van der Waals surface area contributed by atoms with E-state index in [0.29, 0.717) is 25.3 Å². The highest BCUT2D eigenvalue weighted by Gasteiger charge is 2.23. The van der Waals surface area contributed by atoms with Crippen LogP contribution in [0.1, 0.15) is 59.8 Å². The molecule has 1 atom stereocenters.